The topological polar surface area (TPSA) is 60.4 Å². The summed E-state index contributed by atoms with van der Waals surface area (Å²) < 4.78 is 5.49. The smallest absolute Gasteiger partial charge is 0.308 e. The Morgan fingerprint density at radius 2 is 1.84 bits per heavy atom. The summed E-state index contributed by atoms with van der Waals surface area (Å²) in [6.07, 6.45) is 10.9. The molecule has 0 aromatic rings. The normalized spacial score (nSPS) is 39.9. The molecule has 4 rings (SSSR count). The van der Waals surface area contributed by atoms with E-state index < -0.39 is 5.97 Å². The molecule has 178 valence electrons. The fourth-order valence-electron chi connectivity index (χ4n) is 8.35. The first-order valence-corrected chi connectivity index (χ1v) is 13.1. The number of hydrogen-bond acceptors (Lipinski definition) is 4. The number of allylic oxidation sites excluding steroid dienone is 1. The van der Waals surface area contributed by atoms with Crippen molar-refractivity contribution in [1.82, 2.24) is 0 Å². The molecule has 0 heterocycles. The van der Waals surface area contributed by atoms with Crippen molar-refractivity contribution in [3.05, 3.63) is 11.3 Å². The molecule has 0 amide bonds. The second-order valence-electron chi connectivity index (χ2n) is 11.8. The average molecular weight is 443 g/mol. The molecule has 4 aliphatic carbocycles. The SMILES string of the molecule is CCCCCC(C)C1CC(=O)[C@@]2(C)CC[C@@H]3[C@@H](CCC4=C(OC(C)=O)C(=O)CC[C@@]43C)[C@H]12. The Bertz CT molecular complexity index is 825. The zero-order valence-electron chi connectivity index (χ0n) is 20.8. The van der Waals surface area contributed by atoms with Gasteiger partial charge in [0.2, 0.25) is 0 Å². The first-order chi connectivity index (χ1) is 15.1. The Labute approximate surface area is 193 Å². The van der Waals surface area contributed by atoms with Crippen molar-refractivity contribution in [2.75, 3.05) is 0 Å². The highest BCUT2D eigenvalue weighted by Gasteiger charge is 2.63. The largest absolute Gasteiger partial charge is 0.423 e. The van der Waals surface area contributed by atoms with Crippen molar-refractivity contribution in [1.29, 1.82) is 0 Å². The molecule has 3 fully saturated rings. The molecule has 0 saturated heterocycles. The standard InChI is InChI=1S/C28H42O4/c1-6-7-8-9-17(2)20-16-24(31)28(5)14-12-21-19(25(20)28)10-11-22-26(32-18(3)29)23(30)13-15-27(21,22)4/h17,19-21,25H,6-16H2,1-5H3/t17?,19-,20?,21-,25-,27-,28-/m1/s1. The fraction of sp³-hybridized carbons (Fsp3) is 0.821. The highest BCUT2D eigenvalue weighted by atomic mass is 16.5. The van der Waals surface area contributed by atoms with Crippen LogP contribution in [0.1, 0.15) is 105 Å². The number of ketones is 2. The van der Waals surface area contributed by atoms with E-state index in [1.807, 2.05) is 0 Å². The summed E-state index contributed by atoms with van der Waals surface area (Å²) in [4.78, 5) is 37.7. The molecule has 0 aromatic carbocycles. The first kappa shape index (κ1) is 23.7. The van der Waals surface area contributed by atoms with Gasteiger partial charge >= 0.3 is 5.97 Å². The summed E-state index contributed by atoms with van der Waals surface area (Å²) in [7, 11) is 0. The lowest BCUT2D eigenvalue weighted by atomic mass is 9.46. The number of carbonyl (C=O) groups is 3. The predicted molar refractivity (Wildman–Crippen MR) is 125 cm³/mol. The van der Waals surface area contributed by atoms with Gasteiger partial charge in [0.1, 0.15) is 5.78 Å². The van der Waals surface area contributed by atoms with Gasteiger partial charge in [0.05, 0.1) is 0 Å². The molecule has 7 atom stereocenters. The molecule has 2 unspecified atom stereocenters. The van der Waals surface area contributed by atoms with Crippen molar-refractivity contribution in [3.63, 3.8) is 0 Å². The molecule has 0 N–H and O–H groups in total. The van der Waals surface area contributed by atoms with E-state index in [1.54, 1.807) is 0 Å². The number of hydrogen-bond donors (Lipinski definition) is 0. The van der Waals surface area contributed by atoms with Crippen molar-refractivity contribution < 1.29 is 19.1 Å². The monoisotopic (exact) mass is 442 g/mol. The molecule has 3 saturated carbocycles. The van der Waals surface area contributed by atoms with Crippen LogP contribution in [0, 0.1) is 40.4 Å². The first-order valence-electron chi connectivity index (χ1n) is 13.1. The maximum atomic E-state index is 13.3. The Morgan fingerprint density at radius 3 is 2.53 bits per heavy atom. The number of fused-ring (bicyclic) bond motifs is 5. The average Bonchev–Trinajstić information content (AvgIpc) is 3.01. The molecule has 0 aromatic heterocycles. The second-order valence-corrected chi connectivity index (χ2v) is 11.8. The second kappa shape index (κ2) is 8.72. The number of ether oxygens (including phenoxy) is 1. The van der Waals surface area contributed by atoms with Crippen LogP contribution in [0.15, 0.2) is 11.3 Å². The van der Waals surface area contributed by atoms with Crippen LogP contribution in [0.25, 0.3) is 0 Å². The molecule has 32 heavy (non-hydrogen) atoms. The summed E-state index contributed by atoms with van der Waals surface area (Å²) in [5, 5.41) is 0. The molecule has 0 radical (unpaired) electrons. The number of Topliss-reactive ketones (excluding diaryl/α,β-unsaturated/α-hetero) is 2. The molecule has 4 nitrogen and oxygen atoms in total. The van der Waals surface area contributed by atoms with Crippen LogP contribution < -0.4 is 0 Å². The fourth-order valence-corrected chi connectivity index (χ4v) is 8.35. The van der Waals surface area contributed by atoms with E-state index >= 15 is 0 Å². The minimum Gasteiger partial charge on any atom is -0.423 e. The third-order valence-corrected chi connectivity index (χ3v) is 10.1. The minimum atomic E-state index is -0.397. The zero-order chi connectivity index (χ0) is 23.3. The van der Waals surface area contributed by atoms with Crippen molar-refractivity contribution in [2.24, 2.45) is 40.4 Å². The lowest BCUT2D eigenvalue weighted by Crippen LogP contribution is -2.52. The third kappa shape index (κ3) is 3.70. The maximum Gasteiger partial charge on any atom is 0.308 e. The van der Waals surface area contributed by atoms with Gasteiger partial charge in [0.15, 0.2) is 11.5 Å². The highest BCUT2D eigenvalue weighted by Crippen LogP contribution is 2.67. The van der Waals surface area contributed by atoms with E-state index in [4.69, 9.17) is 4.74 Å². The van der Waals surface area contributed by atoms with Crippen LogP contribution in [-0.2, 0) is 19.1 Å². The van der Waals surface area contributed by atoms with E-state index in [-0.39, 0.29) is 16.6 Å². The van der Waals surface area contributed by atoms with Crippen LogP contribution in [0.4, 0.5) is 0 Å². The number of rotatable bonds is 6. The van der Waals surface area contributed by atoms with E-state index in [0.717, 1.165) is 44.1 Å². The number of unbranched alkanes of at least 4 members (excludes halogenated alkanes) is 2. The van der Waals surface area contributed by atoms with Gasteiger partial charge in [0, 0.05) is 25.2 Å². The van der Waals surface area contributed by atoms with Gasteiger partial charge in [-0.3, -0.25) is 14.4 Å². The lowest BCUT2D eigenvalue weighted by Gasteiger charge is -2.58. The Hall–Kier alpha value is -1.45. The van der Waals surface area contributed by atoms with E-state index in [2.05, 4.69) is 27.7 Å². The zero-order valence-corrected chi connectivity index (χ0v) is 20.8. The summed E-state index contributed by atoms with van der Waals surface area (Å²) in [6.45, 7) is 10.6. The van der Waals surface area contributed by atoms with Crippen LogP contribution in [-0.4, -0.2) is 17.5 Å². The highest BCUT2D eigenvalue weighted by molar-refractivity contribution is 5.97. The molecule has 4 aliphatic rings. The van der Waals surface area contributed by atoms with Crippen LogP contribution in [0.5, 0.6) is 0 Å². The molecule has 0 bridgehead atoms. The maximum absolute atomic E-state index is 13.3. The summed E-state index contributed by atoms with van der Waals surface area (Å²) in [5.41, 5.74) is 0.821. The van der Waals surface area contributed by atoms with Crippen LogP contribution in [0.3, 0.4) is 0 Å². The van der Waals surface area contributed by atoms with Gasteiger partial charge in [-0.1, -0.05) is 53.4 Å². The van der Waals surface area contributed by atoms with E-state index in [1.165, 1.54) is 32.6 Å². The van der Waals surface area contributed by atoms with Crippen molar-refractivity contribution >= 4 is 17.5 Å². The van der Waals surface area contributed by atoms with Crippen molar-refractivity contribution in [2.45, 2.75) is 105 Å². The molecule has 0 spiro atoms. The van der Waals surface area contributed by atoms with Gasteiger partial charge in [-0.05, 0) is 72.7 Å². The Kier molecular flexibility index (Phi) is 6.46. The molecular formula is C28H42O4. The van der Waals surface area contributed by atoms with Crippen LogP contribution in [0.2, 0.25) is 0 Å². The number of esters is 1. The minimum absolute atomic E-state index is 0.00904. The predicted octanol–water partition coefficient (Wildman–Crippen LogP) is 6.42. The number of carbonyl (C=O) groups excluding carboxylic acids is 3. The summed E-state index contributed by atoms with van der Waals surface area (Å²) >= 11 is 0. The van der Waals surface area contributed by atoms with E-state index in [0.29, 0.717) is 47.6 Å². The van der Waals surface area contributed by atoms with Gasteiger partial charge in [0.25, 0.3) is 0 Å². The van der Waals surface area contributed by atoms with Crippen molar-refractivity contribution in [3.8, 4) is 0 Å². The van der Waals surface area contributed by atoms with Gasteiger partial charge in [-0.15, -0.1) is 0 Å². The van der Waals surface area contributed by atoms with Gasteiger partial charge in [-0.2, -0.15) is 0 Å². The van der Waals surface area contributed by atoms with Gasteiger partial charge < -0.3 is 4.74 Å². The lowest BCUT2D eigenvalue weighted by molar-refractivity contribution is -0.143. The van der Waals surface area contributed by atoms with E-state index in [9.17, 15) is 14.4 Å². The Balaban J connectivity index is 1.66. The third-order valence-electron chi connectivity index (χ3n) is 10.1. The quantitative estimate of drug-likeness (QED) is 0.352. The molecule has 4 heteroatoms. The van der Waals surface area contributed by atoms with Crippen LogP contribution >= 0.6 is 0 Å². The summed E-state index contributed by atoms with van der Waals surface area (Å²) in [6, 6.07) is 0. The molecule has 0 aliphatic heterocycles. The molecular weight excluding hydrogens is 400 g/mol. The summed E-state index contributed by atoms with van der Waals surface area (Å²) in [5.74, 6) is 2.98. The van der Waals surface area contributed by atoms with Gasteiger partial charge in [-0.25, -0.2) is 0 Å². The Morgan fingerprint density at radius 1 is 1.09 bits per heavy atom.